The maximum absolute atomic E-state index is 11.1. The second-order valence-corrected chi connectivity index (χ2v) is 4.41. The smallest absolute Gasteiger partial charge is 0.339 e. The summed E-state index contributed by atoms with van der Waals surface area (Å²) in [5.74, 6) is 0.0423. The number of halogens is 1. The molecule has 5 nitrogen and oxygen atoms in total. The van der Waals surface area contributed by atoms with E-state index in [4.69, 9.17) is 9.84 Å². The molecule has 2 rings (SSSR count). The number of aromatic carboxylic acids is 1. The van der Waals surface area contributed by atoms with Gasteiger partial charge in [-0.25, -0.2) is 9.78 Å². The number of carboxylic acid groups (broad SMARTS) is 1. The standard InChI is InChI=1S/C12H9BrN2O3/c1-7-14-5-4-11(15-7)18-10-6-8(13)2-3-9(10)12(16)17/h2-6H,1H3,(H,16,17). The maximum atomic E-state index is 11.1. The van der Waals surface area contributed by atoms with Crippen LogP contribution in [0.15, 0.2) is 34.9 Å². The molecular formula is C12H9BrN2O3. The van der Waals surface area contributed by atoms with E-state index in [1.165, 1.54) is 6.07 Å². The predicted molar refractivity (Wildman–Crippen MR) is 67.9 cm³/mol. The van der Waals surface area contributed by atoms with Gasteiger partial charge in [0.15, 0.2) is 0 Å². The minimum absolute atomic E-state index is 0.0782. The SMILES string of the molecule is Cc1nccc(Oc2cc(Br)ccc2C(=O)O)n1. The van der Waals surface area contributed by atoms with Gasteiger partial charge in [-0.15, -0.1) is 0 Å². The molecular weight excluding hydrogens is 300 g/mol. The Balaban J connectivity index is 2.39. The molecule has 92 valence electrons. The zero-order chi connectivity index (χ0) is 13.1. The number of carboxylic acids is 1. The molecule has 0 spiro atoms. The van der Waals surface area contributed by atoms with Gasteiger partial charge >= 0.3 is 5.97 Å². The Hall–Kier alpha value is -1.95. The Morgan fingerprint density at radius 2 is 2.17 bits per heavy atom. The van der Waals surface area contributed by atoms with Crippen molar-refractivity contribution in [3.05, 3.63) is 46.3 Å². The van der Waals surface area contributed by atoms with Crippen LogP contribution in [-0.2, 0) is 0 Å². The van der Waals surface area contributed by atoms with Crippen molar-refractivity contribution in [3.63, 3.8) is 0 Å². The average Bonchev–Trinajstić information content (AvgIpc) is 2.28. The molecule has 0 aliphatic carbocycles. The van der Waals surface area contributed by atoms with E-state index in [2.05, 4.69) is 25.9 Å². The lowest BCUT2D eigenvalue weighted by Gasteiger charge is -2.08. The zero-order valence-electron chi connectivity index (χ0n) is 9.42. The van der Waals surface area contributed by atoms with Crippen molar-refractivity contribution in [2.45, 2.75) is 6.92 Å². The highest BCUT2D eigenvalue weighted by molar-refractivity contribution is 9.10. The molecule has 6 heteroatoms. The first-order valence-electron chi connectivity index (χ1n) is 5.06. The number of nitrogens with zero attached hydrogens (tertiary/aromatic N) is 2. The summed E-state index contributed by atoms with van der Waals surface area (Å²) in [5.41, 5.74) is 0.0782. The van der Waals surface area contributed by atoms with Gasteiger partial charge < -0.3 is 9.84 Å². The van der Waals surface area contributed by atoms with E-state index in [1.807, 2.05) is 0 Å². The third-order valence-electron chi connectivity index (χ3n) is 2.14. The van der Waals surface area contributed by atoms with Gasteiger partial charge in [0.2, 0.25) is 5.88 Å². The van der Waals surface area contributed by atoms with E-state index < -0.39 is 5.97 Å². The number of aromatic nitrogens is 2. The molecule has 0 saturated heterocycles. The van der Waals surface area contributed by atoms with Gasteiger partial charge in [0.25, 0.3) is 0 Å². The van der Waals surface area contributed by atoms with Crippen LogP contribution in [0.1, 0.15) is 16.2 Å². The van der Waals surface area contributed by atoms with Crippen LogP contribution < -0.4 is 4.74 Å². The Labute approximate surface area is 112 Å². The van der Waals surface area contributed by atoms with E-state index in [0.29, 0.717) is 11.7 Å². The van der Waals surface area contributed by atoms with Crippen LogP contribution in [0.25, 0.3) is 0 Å². The average molecular weight is 309 g/mol. The van der Waals surface area contributed by atoms with Gasteiger partial charge in [-0.1, -0.05) is 15.9 Å². The molecule has 0 bridgehead atoms. The quantitative estimate of drug-likeness (QED) is 0.943. The Morgan fingerprint density at radius 3 is 2.83 bits per heavy atom. The number of benzene rings is 1. The summed E-state index contributed by atoms with van der Waals surface area (Å²) in [6, 6.07) is 6.26. The van der Waals surface area contributed by atoms with E-state index in [1.54, 1.807) is 31.3 Å². The van der Waals surface area contributed by atoms with Crippen molar-refractivity contribution in [2.75, 3.05) is 0 Å². The maximum Gasteiger partial charge on any atom is 0.339 e. The molecule has 0 radical (unpaired) electrons. The van der Waals surface area contributed by atoms with Crippen molar-refractivity contribution < 1.29 is 14.6 Å². The van der Waals surface area contributed by atoms with Crippen LogP contribution in [0.2, 0.25) is 0 Å². The van der Waals surface area contributed by atoms with Gasteiger partial charge in [-0.3, -0.25) is 0 Å². The summed E-state index contributed by atoms with van der Waals surface area (Å²) < 4.78 is 6.20. The van der Waals surface area contributed by atoms with E-state index in [-0.39, 0.29) is 11.3 Å². The normalized spacial score (nSPS) is 10.1. The summed E-state index contributed by atoms with van der Waals surface area (Å²) >= 11 is 3.27. The molecule has 1 aromatic carbocycles. The zero-order valence-corrected chi connectivity index (χ0v) is 11.0. The van der Waals surface area contributed by atoms with Crippen LogP contribution in [0.3, 0.4) is 0 Å². The number of carbonyl (C=O) groups is 1. The molecule has 0 aliphatic rings. The first-order valence-corrected chi connectivity index (χ1v) is 5.86. The number of hydrogen-bond acceptors (Lipinski definition) is 4. The number of aryl methyl sites for hydroxylation is 1. The van der Waals surface area contributed by atoms with Crippen LogP contribution >= 0.6 is 15.9 Å². The number of hydrogen-bond donors (Lipinski definition) is 1. The van der Waals surface area contributed by atoms with Crippen molar-refractivity contribution in [1.29, 1.82) is 0 Å². The fourth-order valence-corrected chi connectivity index (χ4v) is 1.70. The topological polar surface area (TPSA) is 72.3 Å². The highest BCUT2D eigenvalue weighted by atomic mass is 79.9. The molecule has 0 unspecified atom stereocenters. The van der Waals surface area contributed by atoms with Crippen LogP contribution in [0.4, 0.5) is 0 Å². The second kappa shape index (κ2) is 5.14. The highest BCUT2D eigenvalue weighted by Gasteiger charge is 2.13. The monoisotopic (exact) mass is 308 g/mol. The molecule has 0 aliphatic heterocycles. The summed E-state index contributed by atoms with van der Waals surface area (Å²) in [6.45, 7) is 1.73. The molecule has 0 fully saturated rings. The lowest BCUT2D eigenvalue weighted by Crippen LogP contribution is -2.01. The first-order chi connectivity index (χ1) is 8.56. The minimum Gasteiger partial charge on any atom is -0.478 e. The highest BCUT2D eigenvalue weighted by Crippen LogP contribution is 2.27. The third-order valence-corrected chi connectivity index (χ3v) is 2.63. The van der Waals surface area contributed by atoms with Crippen molar-refractivity contribution in [1.82, 2.24) is 9.97 Å². The summed E-state index contributed by atoms with van der Waals surface area (Å²) in [7, 11) is 0. The summed E-state index contributed by atoms with van der Waals surface area (Å²) in [4.78, 5) is 19.1. The van der Waals surface area contributed by atoms with Crippen molar-refractivity contribution >= 4 is 21.9 Å². The largest absolute Gasteiger partial charge is 0.478 e. The molecule has 0 atom stereocenters. The molecule has 1 N–H and O–H groups in total. The fourth-order valence-electron chi connectivity index (χ4n) is 1.36. The predicted octanol–water partition coefficient (Wildman–Crippen LogP) is 3.04. The Morgan fingerprint density at radius 1 is 1.39 bits per heavy atom. The summed E-state index contributed by atoms with van der Waals surface area (Å²) in [6.07, 6.45) is 1.55. The lowest BCUT2D eigenvalue weighted by atomic mass is 10.2. The third kappa shape index (κ3) is 2.84. The number of rotatable bonds is 3. The van der Waals surface area contributed by atoms with Crippen LogP contribution in [0, 0.1) is 6.92 Å². The lowest BCUT2D eigenvalue weighted by molar-refractivity contribution is 0.0694. The van der Waals surface area contributed by atoms with Gasteiger partial charge in [-0.2, -0.15) is 4.98 Å². The molecule has 18 heavy (non-hydrogen) atoms. The second-order valence-electron chi connectivity index (χ2n) is 3.49. The first kappa shape index (κ1) is 12.5. The van der Waals surface area contributed by atoms with Crippen LogP contribution in [-0.4, -0.2) is 21.0 Å². The van der Waals surface area contributed by atoms with Gasteiger partial charge in [0, 0.05) is 16.7 Å². The fraction of sp³-hybridized carbons (Fsp3) is 0.0833. The molecule has 1 heterocycles. The van der Waals surface area contributed by atoms with Gasteiger partial charge in [-0.05, 0) is 25.1 Å². The Kier molecular flexibility index (Phi) is 3.57. The molecule has 0 amide bonds. The molecule has 0 saturated carbocycles. The van der Waals surface area contributed by atoms with Crippen molar-refractivity contribution in [2.24, 2.45) is 0 Å². The number of ether oxygens (including phenoxy) is 1. The van der Waals surface area contributed by atoms with E-state index >= 15 is 0 Å². The van der Waals surface area contributed by atoms with Gasteiger partial charge in [0.05, 0.1) is 0 Å². The van der Waals surface area contributed by atoms with E-state index in [0.717, 1.165) is 4.47 Å². The van der Waals surface area contributed by atoms with Crippen LogP contribution in [0.5, 0.6) is 11.6 Å². The molecule has 1 aromatic heterocycles. The van der Waals surface area contributed by atoms with Gasteiger partial charge in [0.1, 0.15) is 17.1 Å². The summed E-state index contributed by atoms with van der Waals surface area (Å²) in [5, 5.41) is 9.06. The van der Waals surface area contributed by atoms with E-state index in [9.17, 15) is 4.79 Å². The molecule has 2 aromatic rings. The minimum atomic E-state index is -1.05. The Bertz CT molecular complexity index is 602. The van der Waals surface area contributed by atoms with Crippen molar-refractivity contribution in [3.8, 4) is 11.6 Å².